The van der Waals surface area contributed by atoms with Gasteiger partial charge in [-0.2, -0.15) is 0 Å². The van der Waals surface area contributed by atoms with Gasteiger partial charge in [0.1, 0.15) is 0 Å². The maximum atomic E-state index is 11.0. The first-order valence-corrected chi connectivity index (χ1v) is 6.09. The monoisotopic (exact) mass is 247 g/mol. The fourth-order valence-electron chi connectivity index (χ4n) is 1.90. The first-order chi connectivity index (χ1) is 8.41. The largest absolute Gasteiger partial charge is 0.481 e. The average Bonchev–Trinajstić information content (AvgIpc) is 2.28. The van der Waals surface area contributed by atoms with Gasteiger partial charge in [-0.25, -0.2) is 0 Å². The zero-order valence-corrected chi connectivity index (χ0v) is 11.3. The molecule has 0 saturated carbocycles. The lowest BCUT2D eigenvalue weighted by Gasteiger charge is -2.28. The van der Waals surface area contributed by atoms with Gasteiger partial charge in [0.05, 0.1) is 5.92 Å². The third kappa shape index (κ3) is 3.91. The van der Waals surface area contributed by atoms with Gasteiger partial charge < -0.3 is 10.0 Å². The minimum absolute atomic E-state index is 0.399. The van der Waals surface area contributed by atoms with Crippen LogP contribution in [0.2, 0.25) is 0 Å². The zero-order valence-electron chi connectivity index (χ0n) is 11.3. The van der Waals surface area contributed by atoms with Crippen LogP contribution >= 0.6 is 0 Å². The summed E-state index contributed by atoms with van der Waals surface area (Å²) in [5, 5.41) is 9.03. The van der Waals surface area contributed by atoms with E-state index in [1.165, 1.54) is 0 Å². The molecule has 0 aromatic heterocycles. The highest BCUT2D eigenvalue weighted by atomic mass is 16.4. The van der Waals surface area contributed by atoms with Crippen molar-refractivity contribution in [1.82, 2.24) is 0 Å². The molecule has 1 atom stereocenters. The number of rotatable bonds is 6. The first-order valence-electron chi connectivity index (χ1n) is 6.09. The number of carboxylic acids is 1. The first kappa shape index (κ1) is 14.3. The lowest BCUT2D eigenvalue weighted by atomic mass is 10.1. The molecule has 0 aliphatic carbocycles. The zero-order chi connectivity index (χ0) is 13.7. The van der Waals surface area contributed by atoms with E-state index in [1.807, 2.05) is 38.1 Å². The van der Waals surface area contributed by atoms with Crippen molar-refractivity contribution in [2.24, 2.45) is 5.92 Å². The summed E-state index contributed by atoms with van der Waals surface area (Å²) in [6.07, 6.45) is 0. The number of anilines is 1. The molecule has 0 fully saturated rings. The lowest BCUT2D eigenvalue weighted by Crippen LogP contribution is -2.33. The minimum atomic E-state index is -0.768. The average molecular weight is 247 g/mol. The van der Waals surface area contributed by atoms with Crippen molar-refractivity contribution in [3.63, 3.8) is 0 Å². The summed E-state index contributed by atoms with van der Waals surface area (Å²) in [4.78, 5) is 13.1. The van der Waals surface area contributed by atoms with Crippen LogP contribution in [0.15, 0.2) is 36.4 Å². The SMILES string of the molecule is C=C(C)CN(CC(C)C(=O)O)c1ccccc1C. The van der Waals surface area contributed by atoms with Crippen molar-refractivity contribution >= 4 is 11.7 Å². The second kappa shape index (κ2) is 6.24. The molecule has 18 heavy (non-hydrogen) atoms. The molecule has 1 aromatic rings. The molecule has 98 valence electrons. The number of carbonyl (C=O) groups is 1. The van der Waals surface area contributed by atoms with E-state index in [0.717, 1.165) is 16.8 Å². The highest BCUT2D eigenvalue weighted by Gasteiger charge is 2.17. The van der Waals surface area contributed by atoms with Crippen LogP contribution in [-0.4, -0.2) is 24.2 Å². The Kier molecular flexibility index (Phi) is 4.95. The van der Waals surface area contributed by atoms with Crippen LogP contribution in [0.25, 0.3) is 0 Å². The van der Waals surface area contributed by atoms with E-state index in [-0.39, 0.29) is 0 Å². The normalized spacial score (nSPS) is 11.9. The molecule has 0 heterocycles. The van der Waals surface area contributed by atoms with Crippen molar-refractivity contribution in [1.29, 1.82) is 0 Å². The maximum absolute atomic E-state index is 11.0. The molecule has 0 spiro atoms. The van der Waals surface area contributed by atoms with Crippen LogP contribution in [-0.2, 0) is 4.79 Å². The Morgan fingerprint density at radius 3 is 2.56 bits per heavy atom. The molecule has 1 N–H and O–H groups in total. The highest BCUT2D eigenvalue weighted by molar-refractivity contribution is 5.70. The standard InChI is InChI=1S/C15H21NO2/c1-11(2)9-16(10-13(4)15(17)18)14-8-6-5-7-12(14)3/h5-8,13H,1,9-10H2,2-4H3,(H,17,18). The summed E-state index contributed by atoms with van der Waals surface area (Å²) in [7, 11) is 0. The van der Waals surface area contributed by atoms with E-state index in [4.69, 9.17) is 5.11 Å². The van der Waals surface area contributed by atoms with E-state index in [0.29, 0.717) is 13.1 Å². The van der Waals surface area contributed by atoms with Crippen LogP contribution in [0, 0.1) is 12.8 Å². The molecule has 3 nitrogen and oxygen atoms in total. The summed E-state index contributed by atoms with van der Waals surface area (Å²) < 4.78 is 0. The predicted octanol–water partition coefficient (Wildman–Crippen LogP) is 3.10. The van der Waals surface area contributed by atoms with Crippen molar-refractivity contribution in [2.75, 3.05) is 18.0 Å². The number of para-hydroxylation sites is 1. The van der Waals surface area contributed by atoms with Gasteiger partial charge in [0.2, 0.25) is 0 Å². The van der Waals surface area contributed by atoms with Crippen molar-refractivity contribution in [2.45, 2.75) is 20.8 Å². The fourth-order valence-corrected chi connectivity index (χ4v) is 1.90. The minimum Gasteiger partial charge on any atom is -0.481 e. The summed E-state index contributed by atoms with van der Waals surface area (Å²) in [5.74, 6) is -1.17. The van der Waals surface area contributed by atoms with E-state index in [2.05, 4.69) is 11.5 Å². The van der Waals surface area contributed by atoms with Gasteiger partial charge in [-0.05, 0) is 25.5 Å². The van der Waals surface area contributed by atoms with E-state index in [1.54, 1.807) is 6.92 Å². The molecule has 0 aliphatic rings. The van der Waals surface area contributed by atoms with E-state index < -0.39 is 11.9 Å². The number of hydrogen-bond acceptors (Lipinski definition) is 2. The van der Waals surface area contributed by atoms with Gasteiger partial charge in [-0.15, -0.1) is 0 Å². The van der Waals surface area contributed by atoms with Gasteiger partial charge in [-0.3, -0.25) is 4.79 Å². The number of hydrogen-bond donors (Lipinski definition) is 1. The molecule has 0 aliphatic heterocycles. The van der Waals surface area contributed by atoms with Crippen LogP contribution in [0.3, 0.4) is 0 Å². The number of nitrogens with zero attached hydrogens (tertiary/aromatic N) is 1. The maximum Gasteiger partial charge on any atom is 0.308 e. The Bertz CT molecular complexity index is 440. The molecule has 0 radical (unpaired) electrons. The third-order valence-corrected chi connectivity index (χ3v) is 2.83. The quantitative estimate of drug-likeness (QED) is 0.785. The molecular formula is C15H21NO2. The Morgan fingerprint density at radius 2 is 2.06 bits per heavy atom. The summed E-state index contributed by atoms with van der Waals surface area (Å²) in [5.41, 5.74) is 3.25. The molecule has 1 rings (SSSR count). The van der Waals surface area contributed by atoms with Crippen LogP contribution < -0.4 is 4.90 Å². The van der Waals surface area contributed by atoms with E-state index in [9.17, 15) is 4.79 Å². The molecular weight excluding hydrogens is 226 g/mol. The highest BCUT2D eigenvalue weighted by Crippen LogP contribution is 2.21. The Balaban J connectivity index is 2.95. The van der Waals surface area contributed by atoms with Crippen LogP contribution in [0.1, 0.15) is 19.4 Å². The van der Waals surface area contributed by atoms with Crippen LogP contribution in [0.4, 0.5) is 5.69 Å². The molecule has 0 saturated heterocycles. The number of benzene rings is 1. The van der Waals surface area contributed by atoms with Gasteiger partial charge in [-0.1, -0.05) is 37.3 Å². The van der Waals surface area contributed by atoms with Gasteiger partial charge >= 0.3 is 5.97 Å². The molecule has 0 amide bonds. The Labute approximate surface area is 109 Å². The summed E-state index contributed by atoms with van der Waals surface area (Å²) in [6, 6.07) is 8.01. The molecule has 1 unspecified atom stereocenters. The smallest absolute Gasteiger partial charge is 0.308 e. The van der Waals surface area contributed by atoms with Crippen molar-refractivity contribution < 1.29 is 9.90 Å². The number of aryl methyl sites for hydroxylation is 1. The van der Waals surface area contributed by atoms with Gasteiger partial charge in [0, 0.05) is 18.8 Å². The fraction of sp³-hybridized carbons (Fsp3) is 0.400. The number of carboxylic acid groups (broad SMARTS) is 1. The third-order valence-electron chi connectivity index (χ3n) is 2.83. The Morgan fingerprint density at radius 1 is 1.44 bits per heavy atom. The molecule has 3 heteroatoms. The molecule has 0 bridgehead atoms. The second-order valence-corrected chi connectivity index (χ2v) is 4.86. The van der Waals surface area contributed by atoms with Gasteiger partial charge in [0.15, 0.2) is 0 Å². The lowest BCUT2D eigenvalue weighted by molar-refractivity contribution is -0.140. The van der Waals surface area contributed by atoms with E-state index >= 15 is 0 Å². The van der Waals surface area contributed by atoms with Gasteiger partial charge in [0.25, 0.3) is 0 Å². The second-order valence-electron chi connectivity index (χ2n) is 4.86. The van der Waals surface area contributed by atoms with Crippen molar-refractivity contribution in [3.8, 4) is 0 Å². The summed E-state index contributed by atoms with van der Waals surface area (Å²) >= 11 is 0. The molecule has 1 aromatic carbocycles. The predicted molar refractivity (Wildman–Crippen MR) is 75.0 cm³/mol. The van der Waals surface area contributed by atoms with Crippen molar-refractivity contribution in [3.05, 3.63) is 42.0 Å². The number of aliphatic carboxylic acids is 1. The Hall–Kier alpha value is -1.77. The topological polar surface area (TPSA) is 40.5 Å². The van der Waals surface area contributed by atoms with Crippen LogP contribution in [0.5, 0.6) is 0 Å². The summed E-state index contributed by atoms with van der Waals surface area (Å²) in [6.45, 7) is 10.8.